The Morgan fingerprint density at radius 1 is 1.02 bits per heavy atom. The summed E-state index contributed by atoms with van der Waals surface area (Å²) >= 11 is 0. The predicted molar refractivity (Wildman–Crippen MR) is 180 cm³/mol. The lowest BCUT2D eigenvalue weighted by Crippen LogP contribution is -2.26. The molecule has 1 aliphatic carbocycles. The molecule has 0 aliphatic heterocycles. The van der Waals surface area contributed by atoms with E-state index in [4.69, 9.17) is 9.53 Å². The van der Waals surface area contributed by atoms with E-state index < -0.39 is 18.2 Å². The van der Waals surface area contributed by atoms with Crippen LogP contribution in [0, 0.1) is 12.3 Å². The van der Waals surface area contributed by atoms with E-state index >= 15 is 0 Å². The molecule has 0 spiro atoms. The molecule has 1 heterocycles. The second-order valence-electron chi connectivity index (χ2n) is 12.4. The second kappa shape index (κ2) is 20.6. The molecule has 1 aromatic heterocycles. The van der Waals surface area contributed by atoms with E-state index in [0.717, 1.165) is 61.0 Å². The molecule has 0 unspecified atom stereocenters. The topological polar surface area (TPSA) is 77.5 Å². The van der Waals surface area contributed by atoms with Crippen LogP contribution in [0.4, 0.5) is 18.9 Å². The molecule has 1 radical (unpaired) electrons. The summed E-state index contributed by atoms with van der Waals surface area (Å²) in [5.41, 5.74) is 4.13. The van der Waals surface area contributed by atoms with Crippen molar-refractivity contribution in [2.45, 2.75) is 103 Å². The van der Waals surface area contributed by atoms with Crippen LogP contribution in [0.2, 0.25) is 0 Å². The van der Waals surface area contributed by atoms with Crippen molar-refractivity contribution in [1.29, 1.82) is 0 Å². The van der Waals surface area contributed by atoms with Crippen molar-refractivity contribution in [3.8, 4) is 0 Å². The number of allylic oxidation sites excluding steroid dienone is 2. The lowest BCUT2D eigenvalue weighted by molar-refractivity contribution is -0.150. The molecule has 1 saturated carbocycles. The Kier molecular flexibility index (Phi) is 18.2. The summed E-state index contributed by atoms with van der Waals surface area (Å²) in [5, 5.41) is 3.48. The Morgan fingerprint density at radius 2 is 1.63 bits per heavy atom. The number of rotatable bonds is 12. The van der Waals surface area contributed by atoms with Gasteiger partial charge in [0.1, 0.15) is 12.4 Å². The third-order valence-electron chi connectivity index (χ3n) is 7.11. The zero-order valence-electron chi connectivity index (χ0n) is 28.3. The maximum Gasteiger partial charge on any atom is 0.393 e. The molecule has 255 valence electrons. The zero-order chi connectivity index (χ0) is 34.8. The number of hydrogen-bond donors (Lipinski definition) is 1. The number of unbranched alkanes of at least 4 members (excludes halogenated alkanes) is 1. The maximum absolute atomic E-state index is 12.7. The van der Waals surface area contributed by atoms with Crippen molar-refractivity contribution in [2.24, 2.45) is 5.92 Å². The minimum atomic E-state index is -4.19. The van der Waals surface area contributed by atoms with Crippen molar-refractivity contribution < 1.29 is 32.2 Å². The number of esters is 1. The number of aromatic nitrogens is 1. The number of hydrogen-bond acceptors (Lipinski definition) is 6. The number of nitrogens with zero attached hydrogens (tertiary/aromatic N) is 1. The van der Waals surface area contributed by atoms with Crippen molar-refractivity contribution >= 4 is 24.0 Å². The molecule has 3 rings (SSSR count). The summed E-state index contributed by atoms with van der Waals surface area (Å²) in [6.07, 6.45) is 8.02. The van der Waals surface area contributed by atoms with Crippen LogP contribution < -0.4 is 5.32 Å². The summed E-state index contributed by atoms with van der Waals surface area (Å²) in [6.45, 7) is 14.0. The molecule has 1 aromatic carbocycles. The first kappa shape index (κ1) is 40.6. The highest BCUT2D eigenvalue weighted by atomic mass is 19.4. The van der Waals surface area contributed by atoms with Crippen LogP contribution in [-0.4, -0.2) is 49.8 Å². The van der Waals surface area contributed by atoms with Gasteiger partial charge < -0.3 is 19.6 Å². The highest BCUT2D eigenvalue weighted by Crippen LogP contribution is 2.31. The smallest absolute Gasteiger partial charge is 0.393 e. The molecule has 9 heteroatoms. The van der Waals surface area contributed by atoms with E-state index in [-0.39, 0.29) is 11.5 Å². The summed E-state index contributed by atoms with van der Waals surface area (Å²) < 4.78 is 47.6. The van der Waals surface area contributed by atoms with E-state index in [0.29, 0.717) is 30.4 Å². The number of carbonyl (C=O) groups excluding carboxylic acids is 2. The lowest BCUT2D eigenvalue weighted by Gasteiger charge is -2.30. The Balaban J connectivity index is 0.00000199. The Labute approximate surface area is 273 Å². The lowest BCUT2D eigenvalue weighted by atomic mass is 9.82. The highest BCUT2D eigenvalue weighted by Gasteiger charge is 2.27. The van der Waals surface area contributed by atoms with Crippen LogP contribution >= 0.6 is 0 Å². The van der Waals surface area contributed by atoms with E-state index in [1.54, 1.807) is 38.5 Å². The van der Waals surface area contributed by atoms with E-state index in [2.05, 4.69) is 41.0 Å². The molecule has 0 bridgehead atoms. The van der Waals surface area contributed by atoms with Gasteiger partial charge in [-0.1, -0.05) is 38.1 Å². The second-order valence-corrected chi connectivity index (χ2v) is 12.4. The first-order valence-corrected chi connectivity index (χ1v) is 15.8. The van der Waals surface area contributed by atoms with Gasteiger partial charge in [0.25, 0.3) is 0 Å². The van der Waals surface area contributed by atoms with Gasteiger partial charge in [0.2, 0.25) is 0 Å². The number of benzene rings is 1. The number of pyridine rings is 1. The molecular formula is C37H52F3N2O4. The molecular weight excluding hydrogens is 593 g/mol. The monoisotopic (exact) mass is 645 g/mol. The SMILES string of the molecule is C=C(CC/C(=C\CCC)C(=O)OC(C)(C)C)c1cc([CH]C2CCC(Nc3ccc(CC(F)(F)F)cc3)CC2)ccn1.C=O.COC. The summed E-state index contributed by atoms with van der Waals surface area (Å²) in [4.78, 5) is 25.2. The van der Waals surface area contributed by atoms with E-state index in [1.807, 2.05) is 45.9 Å². The van der Waals surface area contributed by atoms with Crippen LogP contribution in [0.5, 0.6) is 0 Å². The number of alkyl halides is 3. The number of nitrogens with one attached hydrogen (secondary N) is 1. The van der Waals surface area contributed by atoms with E-state index in [1.165, 1.54) is 0 Å². The standard InChI is InChI=1S/C34H44F3N2O2.C2H6O.CH2O/c1-6-7-8-28(32(40)41-33(3,4)5)14-9-24(2)31-22-27(19-20-38-31)21-25-10-15-29(16-11-25)39-30-17-12-26(13-18-30)23-34(35,36)37;1-3-2;1-2/h8,12-13,17-22,25,29,39H,2,6-7,9-11,14-16,23H2,1,3-5H3;1-2H3;1H2/b28-8+;;. The quantitative estimate of drug-likeness (QED) is 0.183. The summed E-state index contributed by atoms with van der Waals surface area (Å²) in [5.74, 6) is 0.179. The summed E-state index contributed by atoms with van der Waals surface area (Å²) in [7, 11) is 3.25. The van der Waals surface area contributed by atoms with Gasteiger partial charge in [-0.05, 0) is 119 Å². The largest absolute Gasteiger partial charge is 0.457 e. The predicted octanol–water partition coefficient (Wildman–Crippen LogP) is 9.35. The fourth-order valence-corrected chi connectivity index (χ4v) is 5.00. The highest BCUT2D eigenvalue weighted by molar-refractivity contribution is 5.89. The van der Waals surface area contributed by atoms with Gasteiger partial charge in [-0.3, -0.25) is 4.98 Å². The number of halogens is 3. The fourth-order valence-electron chi connectivity index (χ4n) is 5.00. The third-order valence-corrected chi connectivity index (χ3v) is 7.11. The Morgan fingerprint density at radius 3 is 2.17 bits per heavy atom. The minimum Gasteiger partial charge on any atom is -0.457 e. The molecule has 2 aromatic rings. The van der Waals surface area contributed by atoms with Crippen molar-refractivity contribution in [2.75, 3.05) is 19.5 Å². The molecule has 0 amide bonds. The van der Waals surface area contributed by atoms with Crippen LogP contribution in [0.1, 0.15) is 95.9 Å². The van der Waals surface area contributed by atoms with Gasteiger partial charge in [-0.15, -0.1) is 0 Å². The zero-order valence-corrected chi connectivity index (χ0v) is 28.3. The molecule has 46 heavy (non-hydrogen) atoms. The first-order valence-electron chi connectivity index (χ1n) is 15.8. The average molecular weight is 646 g/mol. The maximum atomic E-state index is 12.7. The number of ether oxygens (including phenoxy) is 2. The van der Waals surface area contributed by atoms with Crippen molar-refractivity contribution in [3.05, 3.63) is 84.1 Å². The molecule has 0 atom stereocenters. The van der Waals surface area contributed by atoms with Gasteiger partial charge in [0.05, 0.1) is 12.1 Å². The molecule has 1 fully saturated rings. The normalized spacial score (nSPS) is 16.7. The number of anilines is 1. The van der Waals surface area contributed by atoms with Gasteiger partial charge in [-0.25, -0.2) is 4.79 Å². The van der Waals surface area contributed by atoms with Crippen LogP contribution in [0.25, 0.3) is 5.57 Å². The first-order chi connectivity index (χ1) is 21.7. The minimum absolute atomic E-state index is 0.266. The Bertz CT molecular complexity index is 1210. The number of methoxy groups -OCH3 is 1. The van der Waals surface area contributed by atoms with E-state index in [9.17, 15) is 18.0 Å². The third kappa shape index (κ3) is 16.7. The van der Waals surface area contributed by atoms with Gasteiger partial charge >= 0.3 is 12.1 Å². The van der Waals surface area contributed by atoms with Crippen LogP contribution in [0.3, 0.4) is 0 Å². The van der Waals surface area contributed by atoms with Gasteiger partial charge in [-0.2, -0.15) is 13.2 Å². The van der Waals surface area contributed by atoms with Crippen LogP contribution in [-0.2, 0) is 25.5 Å². The van der Waals surface area contributed by atoms with Crippen molar-refractivity contribution in [3.63, 3.8) is 0 Å². The Hall–Kier alpha value is -3.46. The van der Waals surface area contributed by atoms with Gasteiger partial charge in [0, 0.05) is 37.7 Å². The van der Waals surface area contributed by atoms with Crippen molar-refractivity contribution in [1.82, 2.24) is 4.98 Å². The fraction of sp³-hybridized carbons (Fsp3) is 0.514. The molecule has 1 N–H and O–H groups in total. The summed E-state index contributed by atoms with van der Waals surface area (Å²) in [6, 6.07) is 10.9. The average Bonchev–Trinajstić information content (AvgIpc) is 2.99. The molecule has 6 nitrogen and oxygen atoms in total. The van der Waals surface area contributed by atoms with Crippen LogP contribution in [0.15, 0.2) is 60.8 Å². The molecule has 0 saturated heterocycles. The van der Waals surface area contributed by atoms with Gasteiger partial charge in [0.15, 0.2) is 0 Å². The number of carbonyl (C=O) groups is 2. The molecule has 1 aliphatic rings.